The molecule has 5 rings (SSSR count). The number of hydrogen-bond donors (Lipinski definition) is 5. The van der Waals surface area contributed by atoms with Gasteiger partial charge < -0.3 is 27.4 Å². The van der Waals surface area contributed by atoms with Crippen LogP contribution in [0, 0.1) is 0 Å². The lowest BCUT2D eigenvalue weighted by Gasteiger charge is -2.25. The van der Waals surface area contributed by atoms with Crippen molar-refractivity contribution >= 4 is 62.4 Å². The fourth-order valence-corrected chi connectivity index (χ4v) is 6.96. The Morgan fingerprint density at radius 3 is 2.08 bits per heavy atom. The molecule has 0 spiro atoms. The van der Waals surface area contributed by atoms with Crippen molar-refractivity contribution in [2.24, 2.45) is 16.5 Å². The Morgan fingerprint density at radius 2 is 1.41 bits per heavy atom. The molecule has 0 unspecified atom stereocenters. The van der Waals surface area contributed by atoms with E-state index in [0.717, 1.165) is 15.8 Å². The van der Waals surface area contributed by atoms with E-state index in [1.54, 1.807) is 5.51 Å². The fraction of sp³-hybridized carbons (Fsp3) is 0.270. The molecule has 0 aliphatic rings. The van der Waals surface area contributed by atoms with Crippen molar-refractivity contribution in [1.82, 2.24) is 25.9 Å². The van der Waals surface area contributed by atoms with Crippen molar-refractivity contribution < 1.29 is 19.2 Å². The molecule has 51 heavy (non-hydrogen) atoms. The van der Waals surface area contributed by atoms with Crippen LogP contribution in [0.5, 0.6) is 0 Å². The highest BCUT2D eigenvalue weighted by molar-refractivity contribution is 7.20. The molecule has 264 valence electrons. The number of Topliss-reactive ketones (excluding diaryl/α,β-unsaturated/α-hetero) is 1. The molecular weight excluding hydrogens is 685 g/mol. The summed E-state index contributed by atoms with van der Waals surface area (Å²) in [4.78, 5) is 67.9. The number of carbonyl (C=O) groups is 4. The van der Waals surface area contributed by atoms with E-state index in [0.29, 0.717) is 24.1 Å². The second kappa shape index (κ2) is 18.5. The van der Waals surface area contributed by atoms with E-state index in [1.165, 1.54) is 22.7 Å². The zero-order chi connectivity index (χ0) is 36.0. The van der Waals surface area contributed by atoms with Crippen LogP contribution in [0.2, 0.25) is 0 Å². The molecule has 2 aromatic heterocycles. The van der Waals surface area contributed by atoms with Crippen molar-refractivity contribution in [1.29, 1.82) is 0 Å². The van der Waals surface area contributed by atoms with Crippen LogP contribution in [0.4, 0.5) is 0 Å². The zero-order valence-corrected chi connectivity index (χ0v) is 29.5. The van der Waals surface area contributed by atoms with E-state index in [2.05, 4.69) is 30.9 Å². The molecule has 12 nitrogen and oxygen atoms in total. The average molecular weight is 725 g/mol. The first kappa shape index (κ1) is 36.8. The van der Waals surface area contributed by atoms with Crippen molar-refractivity contribution in [2.75, 3.05) is 6.54 Å². The summed E-state index contributed by atoms with van der Waals surface area (Å²) in [6, 6.07) is 23.2. The normalized spacial score (nSPS) is 12.7. The molecule has 0 radical (unpaired) electrons. The number of guanidine groups is 1. The quantitative estimate of drug-likeness (QED) is 0.0392. The molecule has 0 saturated carbocycles. The van der Waals surface area contributed by atoms with Gasteiger partial charge >= 0.3 is 0 Å². The first-order chi connectivity index (χ1) is 24.7. The molecule has 3 atom stereocenters. The number of nitrogens with zero attached hydrogens (tertiary/aromatic N) is 3. The molecule has 3 amide bonds. The van der Waals surface area contributed by atoms with E-state index >= 15 is 0 Å². The first-order valence-corrected chi connectivity index (χ1v) is 18.3. The molecule has 0 fully saturated rings. The van der Waals surface area contributed by atoms with Crippen LogP contribution in [-0.2, 0) is 33.6 Å². The molecule has 0 bridgehead atoms. The Kier molecular flexibility index (Phi) is 13.4. The van der Waals surface area contributed by atoms with Crippen LogP contribution in [0.1, 0.15) is 45.9 Å². The van der Waals surface area contributed by atoms with E-state index in [9.17, 15) is 19.2 Å². The number of ketones is 1. The number of nitrogens with one attached hydrogen (secondary N) is 3. The predicted molar refractivity (Wildman–Crippen MR) is 200 cm³/mol. The fourth-order valence-electron chi connectivity index (χ4n) is 5.43. The smallest absolute Gasteiger partial charge is 0.243 e. The lowest BCUT2D eigenvalue weighted by molar-refractivity contribution is -0.132. The predicted octanol–water partition coefficient (Wildman–Crippen LogP) is 3.56. The van der Waals surface area contributed by atoms with Crippen molar-refractivity contribution in [3.05, 3.63) is 118 Å². The molecule has 0 aliphatic carbocycles. The Balaban J connectivity index is 1.35. The van der Waals surface area contributed by atoms with Gasteiger partial charge in [0.05, 0.1) is 27.5 Å². The SMILES string of the molecule is NC(N)=NCCC[C@H](NC(=O)[C@H](Cc1ccccc1)NC(=O)[C@H](Cc1cscn1)NC(=O)CCc1ccccc1)C(=O)c1nc2ccccc2s1. The number of rotatable bonds is 18. The minimum Gasteiger partial charge on any atom is -0.370 e. The maximum atomic E-state index is 14.1. The maximum absolute atomic E-state index is 14.1. The minimum absolute atomic E-state index is 0.0712. The first-order valence-electron chi connectivity index (χ1n) is 16.6. The number of amides is 3. The summed E-state index contributed by atoms with van der Waals surface area (Å²) in [5.74, 6) is -1.84. The van der Waals surface area contributed by atoms with Gasteiger partial charge in [-0.25, -0.2) is 9.97 Å². The van der Waals surface area contributed by atoms with Gasteiger partial charge in [-0.1, -0.05) is 72.8 Å². The molecule has 2 heterocycles. The molecule has 14 heteroatoms. The van der Waals surface area contributed by atoms with Gasteiger partial charge in [-0.05, 0) is 42.5 Å². The number of para-hydroxylation sites is 1. The van der Waals surface area contributed by atoms with Gasteiger partial charge in [0.2, 0.25) is 23.5 Å². The molecular formula is C37H40N8O4S2. The third kappa shape index (κ3) is 11.3. The number of aromatic nitrogens is 2. The Morgan fingerprint density at radius 1 is 0.765 bits per heavy atom. The van der Waals surface area contributed by atoms with Crippen LogP contribution in [0.25, 0.3) is 10.2 Å². The second-order valence-corrected chi connectivity index (χ2v) is 13.7. The number of fused-ring (bicyclic) bond motifs is 1. The molecule has 0 aliphatic heterocycles. The molecule has 0 saturated heterocycles. The summed E-state index contributed by atoms with van der Waals surface area (Å²) in [6.45, 7) is 0.258. The Bertz CT molecular complexity index is 1900. The van der Waals surface area contributed by atoms with Crippen molar-refractivity contribution in [2.45, 2.75) is 56.7 Å². The molecule has 5 aromatic rings. The summed E-state index contributed by atoms with van der Waals surface area (Å²) in [6.07, 6.45) is 1.58. The van der Waals surface area contributed by atoms with E-state index in [-0.39, 0.29) is 54.9 Å². The third-order valence-electron chi connectivity index (χ3n) is 8.03. The zero-order valence-electron chi connectivity index (χ0n) is 27.9. The highest BCUT2D eigenvalue weighted by Crippen LogP contribution is 2.23. The Labute approximate surface area is 303 Å². The number of benzene rings is 3. The van der Waals surface area contributed by atoms with E-state index in [1.807, 2.05) is 90.3 Å². The minimum atomic E-state index is -1.08. The number of nitrogens with two attached hydrogens (primary N) is 2. The van der Waals surface area contributed by atoms with Gasteiger partial charge in [0.25, 0.3) is 0 Å². The standard InChI is InChI=1S/C37H40N8O4S2/c38-37(39)40-19-9-15-28(33(47)36-45-27-14-7-8-16-31(27)51-36)43-34(48)29(20-25-12-5-2-6-13-25)44-35(49)30(21-26-22-50-23-41-26)42-32(46)18-17-24-10-3-1-4-11-24/h1-8,10-14,16,22-23,28-30H,9,15,17-21H2,(H,42,46)(H,43,48)(H,44,49)(H4,38,39,40)/t28-,29-,30-/m0/s1. The van der Waals surface area contributed by atoms with Gasteiger partial charge in [-0.3, -0.25) is 24.2 Å². The van der Waals surface area contributed by atoms with Crippen LogP contribution < -0.4 is 27.4 Å². The number of aliphatic imine (C=N–C) groups is 1. The summed E-state index contributed by atoms with van der Waals surface area (Å²) in [5, 5.41) is 10.7. The number of hydrogen-bond acceptors (Lipinski definition) is 9. The lowest BCUT2D eigenvalue weighted by Crippen LogP contribution is -2.57. The largest absolute Gasteiger partial charge is 0.370 e. The van der Waals surface area contributed by atoms with Crippen LogP contribution >= 0.6 is 22.7 Å². The third-order valence-corrected chi connectivity index (χ3v) is 9.72. The highest BCUT2D eigenvalue weighted by atomic mass is 32.1. The molecule has 3 aromatic carbocycles. The van der Waals surface area contributed by atoms with E-state index < -0.39 is 29.9 Å². The van der Waals surface area contributed by atoms with Gasteiger partial charge in [0, 0.05) is 31.2 Å². The summed E-state index contributed by atoms with van der Waals surface area (Å²) in [7, 11) is 0. The topological polar surface area (TPSA) is 195 Å². The van der Waals surface area contributed by atoms with Crippen molar-refractivity contribution in [3.8, 4) is 0 Å². The monoisotopic (exact) mass is 724 g/mol. The maximum Gasteiger partial charge on any atom is 0.243 e. The van der Waals surface area contributed by atoms with Crippen LogP contribution in [-0.4, -0.2) is 64.1 Å². The van der Waals surface area contributed by atoms with Gasteiger partial charge in [0.15, 0.2) is 11.0 Å². The summed E-state index contributed by atoms with van der Waals surface area (Å²) in [5.41, 5.74) is 15.8. The second-order valence-electron chi connectivity index (χ2n) is 11.9. The van der Waals surface area contributed by atoms with Crippen LogP contribution in [0.3, 0.4) is 0 Å². The summed E-state index contributed by atoms with van der Waals surface area (Å²) >= 11 is 2.63. The van der Waals surface area contributed by atoms with Gasteiger partial charge in [-0.15, -0.1) is 22.7 Å². The number of thiazole rings is 2. The van der Waals surface area contributed by atoms with Crippen molar-refractivity contribution in [3.63, 3.8) is 0 Å². The van der Waals surface area contributed by atoms with E-state index in [4.69, 9.17) is 11.5 Å². The number of carbonyl (C=O) groups excluding carboxylic acids is 4. The molecule has 7 N–H and O–H groups in total. The van der Waals surface area contributed by atoms with Gasteiger partial charge in [-0.2, -0.15) is 0 Å². The number of aryl methyl sites for hydroxylation is 1. The summed E-state index contributed by atoms with van der Waals surface area (Å²) < 4.78 is 0.845. The Hall–Kier alpha value is -5.47. The van der Waals surface area contributed by atoms with Crippen LogP contribution in [0.15, 0.2) is 101 Å². The highest BCUT2D eigenvalue weighted by Gasteiger charge is 2.31. The van der Waals surface area contributed by atoms with Gasteiger partial charge in [0.1, 0.15) is 12.1 Å². The lowest BCUT2D eigenvalue weighted by atomic mass is 10.0. The average Bonchev–Trinajstić information content (AvgIpc) is 3.82.